The topological polar surface area (TPSA) is 83.3 Å². The van der Waals surface area contributed by atoms with Crippen molar-refractivity contribution in [1.82, 2.24) is 25.5 Å². The van der Waals surface area contributed by atoms with Gasteiger partial charge in [-0.2, -0.15) is 0 Å². The van der Waals surface area contributed by atoms with Crippen molar-refractivity contribution in [2.75, 3.05) is 19.6 Å². The normalized spacial score (nSPS) is 12.2. The molecule has 26 heavy (non-hydrogen) atoms. The van der Waals surface area contributed by atoms with Gasteiger partial charge in [0.25, 0.3) is 0 Å². The molecule has 0 aliphatic carbocycles. The SMILES string of the molecule is CCNC(=NCC(=O)NC(C)(C)C)NCCCn1cnc2ccccc21. The molecule has 1 amide bonds. The first-order valence-electron chi connectivity index (χ1n) is 9.12. The molecule has 1 heterocycles. The van der Waals surface area contributed by atoms with Crippen molar-refractivity contribution >= 4 is 22.9 Å². The highest BCUT2D eigenvalue weighted by atomic mass is 16.2. The largest absolute Gasteiger partial charge is 0.357 e. The highest BCUT2D eigenvalue weighted by Gasteiger charge is 2.13. The van der Waals surface area contributed by atoms with Crippen molar-refractivity contribution in [3.63, 3.8) is 0 Å². The van der Waals surface area contributed by atoms with E-state index in [1.54, 1.807) is 0 Å². The Kier molecular flexibility index (Phi) is 7.00. The highest BCUT2D eigenvalue weighted by Crippen LogP contribution is 2.11. The summed E-state index contributed by atoms with van der Waals surface area (Å²) in [7, 11) is 0. The lowest BCUT2D eigenvalue weighted by atomic mass is 10.1. The molecule has 0 bridgehead atoms. The molecule has 0 spiro atoms. The zero-order valence-electron chi connectivity index (χ0n) is 16.2. The second-order valence-corrected chi connectivity index (χ2v) is 7.20. The van der Waals surface area contributed by atoms with Crippen molar-refractivity contribution in [3.8, 4) is 0 Å². The van der Waals surface area contributed by atoms with Crippen molar-refractivity contribution in [3.05, 3.63) is 30.6 Å². The quantitative estimate of drug-likeness (QED) is 0.401. The second kappa shape index (κ2) is 9.22. The Morgan fingerprint density at radius 2 is 2.00 bits per heavy atom. The van der Waals surface area contributed by atoms with Gasteiger partial charge >= 0.3 is 0 Å². The molecule has 7 nitrogen and oxygen atoms in total. The third-order valence-corrected chi connectivity index (χ3v) is 3.64. The van der Waals surface area contributed by atoms with E-state index in [1.165, 1.54) is 0 Å². The van der Waals surface area contributed by atoms with E-state index in [1.807, 2.05) is 52.2 Å². The van der Waals surface area contributed by atoms with Gasteiger partial charge in [-0.1, -0.05) is 12.1 Å². The Morgan fingerprint density at radius 1 is 1.23 bits per heavy atom. The van der Waals surface area contributed by atoms with Crippen LogP contribution >= 0.6 is 0 Å². The number of aliphatic imine (C=N–C) groups is 1. The van der Waals surface area contributed by atoms with Crippen LogP contribution in [0.1, 0.15) is 34.1 Å². The number of rotatable bonds is 7. The molecule has 7 heteroatoms. The van der Waals surface area contributed by atoms with Gasteiger partial charge in [0, 0.05) is 25.2 Å². The van der Waals surface area contributed by atoms with Gasteiger partial charge in [-0.3, -0.25) is 4.79 Å². The van der Waals surface area contributed by atoms with E-state index >= 15 is 0 Å². The number of carbonyl (C=O) groups excluding carboxylic acids is 1. The minimum absolute atomic E-state index is 0.0837. The van der Waals surface area contributed by atoms with E-state index in [2.05, 4.69) is 36.6 Å². The number of hydrogen-bond acceptors (Lipinski definition) is 3. The van der Waals surface area contributed by atoms with E-state index in [9.17, 15) is 4.79 Å². The number of carbonyl (C=O) groups is 1. The lowest BCUT2D eigenvalue weighted by Crippen LogP contribution is -2.43. The first-order valence-corrected chi connectivity index (χ1v) is 9.12. The maximum absolute atomic E-state index is 11.9. The molecule has 0 fully saturated rings. The number of nitrogens with one attached hydrogen (secondary N) is 3. The molecule has 2 rings (SSSR count). The van der Waals surface area contributed by atoms with Gasteiger partial charge in [0.1, 0.15) is 6.54 Å². The van der Waals surface area contributed by atoms with Crippen LogP contribution in [0.3, 0.4) is 0 Å². The average Bonchev–Trinajstić information content (AvgIpc) is 2.98. The van der Waals surface area contributed by atoms with Crippen LogP contribution in [0, 0.1) is 0 Å². The van der Waals surface area contributed by atoms with E-state index < -0.39 is 0 Å². The molecule has 0 saturated heterocycles. The van der Waals surface area contributed by atoms with Crippen LogP contribution in [-0.4, -0.2) is 46.6 Å². The average molecular weight is 358 g/mol. The van der Waals surface area contributed by atoms with Crippen molar-refractivity contribution < 1.29 is 4.79 Å². The minimum atomic E-state index is -0.244. The number of hydrogen-bond donors (Lipinski definition) is 3. The van der Waals surface area contributed by atoms with Crippen LogP contribution in [0.15, 0.2) is 35.6 Å². The van der Waals surface area contributed by atoms with Crippen molar-refractivity contribution in [2.24, 2.45) is 4.99 Å². The lowest BCUT2D eigenvalue weighted by molar-refractivity contribution is -0.121. The lowest BCUT2D eigenvalue weighted by Gasteiger charge is -2.20. The Hall–Kier alpha value is -2.57. The molecular formula is C19H30N6O. The molecule has 0 saturated carbocycles. The number of benzene rings is 1. The van der Waals surface area contributed by atoms with E-state index in [4.69, 9.17) is 0 Å². The van der Waals surface area contributed by atoms with Gasteiger partial charge in [0.05, 0.1) is 17.4 Å². The first kappa shape index (κ1) is 19.8. The number of nitrogens with zero attached hydrogens (tertiary/aromatic N) is 3. The molecule has 0 unspecified atom stereocenters. The number of amides is 1. The van der Waals surface area contributed by atoms with Crippen LogP contribution in [0.5, 0.6) is 0 Å². The first-order chi connectivity index (χ1) is 12.4. The highest BCUT2D eigenvalue weighted by molar-refractivity contribution is 5.85. The second-order valence-electron chi connectivity index (χ2n) is 7.20. The summed E-state index contributed by atoms with van der Waals surface area (Å²) in [6.07, 6.45) is 2.81. The molecule has 0 radical (unpaired) electrons. The summed E-state index contributed by atoms with van der Waals surface area (Å²) in [6.45, 7) is 10.4. The van der Waals surface area contributed by atoms with Crippen molar-refractivity contribution in [2.45, 2.75) is 46.2 Å². The number of imidazole rings is 1. The molecule has 2 aromatic rings. The van der Waals surface area contributed by atoms with Gasteiger partial charge in [-0.25, -0.2) is 9.98 Å². The van der Waals surface area contributed by atoms with Gasteiger partial charge < -0.3 is 20.5 Å². The predicted octanol–water partition coefficient (Wildman–Crippen LogP) is 1.90. The number of guanidine groups is 1. The molecule has 0 aliphatic rings. The Labute approximate surface area is 155 Å². The fourth-order valence-electron chi connectivity index (χ4n) is 2.60. The Balaban J connectivity index is 1.80. The molecule has 1 aromatic carbocycles. The molecular weight excluding hydrogens is 328 g/mol. The standard InChI is InChI=1S/C19H30N6O/c1-5-20-18(22-13-17(26)24-19(2,3)4)21-11-8-12-25-14-23-15-9-6-7-10-16(15)25/h6-7,9-10,14H,5,8,11-13H2,1-4H3,(H,24,26)(H2,20,21,22). The van der Waals surface area contributed by atoms with Gasteiger partial charge in [0.15, 0.2) is 5.96 Å². The van der Waals surface area contributed by atoms with Crippen LogP contribution in [0.4, 0.5) is 0 Å². The molecule has 0 atom stereocenters. The van der Waals surface area contributed by atoms with Gasteiger partial charge in [-0.05, 0) is 46.2 Å². The summed E-state index contributed by atoms with van der Waals surface area (Å²) in [4.78, 5) is 20.6. The van der Waals surface area contributed by atoms with Gasteiger partial charge in [0.2, 0.25) is 5.91 Å². The van der Waals surface area contributed by atoms with E-state index in [0.717, 1.165) is 37.1 Å². The van der Waals surface area contributed by atoms with Crippen LogP contribution in [-0.2, 0) is 11.3 Å². The number of aryl methyl sites for hydroxylation is 1. The summed E-state index contributed by atoms with van der Waals surface area (Å²) in [5.41, 5.74) is 1.92. The van der Waals surface area contributed by atoms with E-state index in [0.29, 0.717) is 5.96 Å². The molecule has 3 N–H and O–H groups in total. The summed E-state index contributed by atoms with van der Waals surface area (Å²) in [5, 5.41) is 9.35. The summed E-state index contributed by atoms with van der Waals surface area (Å²) in [6, 6.07) is 8.12. The summed E-state index contributed by atoms with van der Waals surface area (Å²) < 4.78 is 2.15. The molecule has 1 aromatic heterocycles. The summed E-state index contributed by atoms with van der Waals surface area (Å²) in [5.74, 6) is 0.576. The predicted molar refractivity (Wildman–Crippen MR) is 106 cm³/mol. The molecule has 142 valence electrons. The molecule has 0 aliphatic heterocycles. The fraction of sp³-hybridized carbons (Fsp3) is 0.526. The third kappa shape index (κ3) is 6.38. The maximum Gasteiger partial charge on any atom is 0.242 e. The maximum atomic E-state index is 11.9. The zero-order valence-corrected chi connectivity index (χ0v) is 16.2. The number of aromatic nitrogens is 2. The number of para-hydroxylation sites is 2. The fourth-order valence-corrected chi connectivity index (χ4v) is 2.60. The van der Waals surface area contributed by atoms with Crippen LogP contribution in [0.25, 0.3) is 11.0 Å². The van der Waals surface area contributed by atoms with E-state index in [-0.39, 0.29) is 18.0 Å². The van der Waals surface area contributed by atoms with Crippen LogP contribution in [0.2, 0.25) is 0 Å². The third-order valence-electron chi connectivity index (χ3n) is 3.64. The zero-order chi connectivity index (χ0) is 19.0. The monoisotopic (exact) mass is 358 g/mol. The van der Waals surface area contributed by atoms with Gasteiger partial charge in [-0.15, -0.1) is 0 Å². The van der Waals surface area contributed by atoms with Crippen molar-refractivity contribution in [1.29, 1.82) is 0 Å². The van der Waals surface area contributed by atoms with Crippen LogP contribution < -0.4 is 16.0 Å². The summed E-state index contributed by atoms with van der Waals surface area (Å²) >= 11 is 0. The minimum Gasteiger partial charge on any atom is -0.357 e. The number of fused-ring (bicyclic) bond motifs is 1. The smallest absolute Gasteiger partial charge is 0.242 e. The Morgan fingerprint density at radius 3 is 2.73 bits per heavy atom. The Bertz CT molecular complexity index is 744.